The maximum absolute atomic E-state index is 10.7. The SMILES string of the molecule is CCC(=O)OC(C(Br)Br)[N+](=O)[O-]. The van der Waals surface area contributed by atoms with Crippen molar-refractivity contribution in [3.63, 3.8) is 0 Å². The van der Waals surface area contributed by atoms with Crippen molar-refractivity contribution in [3.05, 3.63) is 10.1 Å². The highest BCUT2D eigenvalue weighted by atomic mass is 79.9. The topological polar surface area (TPSA) is 69.4 Å². The molecule has 0 aliphatic rings. The van der Waals surface area contributed by atoms with Crippen molar-refractivity contribution in [2.45, 2.75) is 23.3 Å². The van der Waals surface area contributed by atoms with Crippen LogP contribution in [0.5, 0.6) is 0 Å². The average molecular weight is 305 g/mol. The first-order valence-electron chi connectivity index (χ1n) is 3.10. The molecule has 0 aliphatic heterocycles. The fourth-order valence-electron chi connectivity index (χ4n) is 0.404. The van der Waals surface area contributed by atoms with Gasteiger partial charge >= 0.3 is 12.2 Å². The zero-order valence-electron chi connectivity index (χ0n) is 6.20. The van der Waals surface area contributed by atoms with Gasteiger partial charge in [0.1, 0.15) is 0 Å². The molecule has 0 saturated heterocycles. The molecular weight excluding hydrogens is 298 g/mol. The summed E-state index contributed by atoms with van der Waals surface area (Å²) in [4.78, 5) is 20.2. The molecular formula is C5H7Br2NO4. The fourth-order valence-corrected chi connectivity index (χ4v) is 1.01. The van der Waals surface area contributed by atoms with Gasteiger partial charge in [-0.15, -0.1) is 0 Å². The smallest absolute Gasteiger partial charge is 0.378 e. The molecule has 0 aromatic heterocycles. The molecule has 1 atom stereocenters. The third kappa shape index (κ3) is 4.01. The van der Waals surface area contributed by atoms with E-state index >= 15 is 0 Å². The number of ether oxygens (including phenoxy) is 1. The zero-order valence-corrected chi connectivity index (χ0v) is 9.37. The van der Waals surface area contributed by atoms with E-state index in [-0.39, 0.29) is 6.42 Å². The zero-order chi connectivity index (χ0) is 9.72. The van der Waals surface area contributed by atoms with Crippen LogP contribution in [0.4, 0.5) is 0 Å². The number of hydrogen-bond donors (Lipinski definition) is 0. The standard InChI is InChI=1S/C5H7Br2NO4/c1-2-3(9)12-5(4(6)7)8(10)11/h4-5H,2H2,1H3. The normalized spacial score (nSPS) is 12.7. The predicted molar refractivity (Wildman–Crippen MR) is 48.8 cm³/mol. The quantitative estimate of drug-likeness (QED) is 0.260. The monoisotopic (exact) mass is 303 g/mol. The molecule has 0 N–H and O–H groups in total. The van der Waals surface area contributed by atoms with E-state index in [4.69, 9.17) is 0 Å². The van der Waals surface area contributed by atoms with E-state index in [0.29, 0.717) is 0 Å². The lowest BCUT2D eigenvalue weighted by atomic mass is 10.5. The second-order valence-corrected chi connectivity index (χ2v) is 5.06. The van der Waals surface area contributed by atoms with Gasteiger partial charge in [-0.05, 0) is 0 Å². The van der Waals surface area contributed by atoms with E-state index in [0.717, 1.165) is 0 Å². The molecule has 1 unspecified atom stereocenters. The number of rotatable bonds is 4. The fraction of sp³-hybridized carbons (Fsp3) is 0.800. The highest BCUT2D eigenvalue weighted by molar-refractivity contribution is 9.24. The third-order valence-electron chi connectivity index (χ3n) is 0.964. The second-order valence-electron chi connectivity index (χ2n) is 1.85. The van der Waals surface area contributed by atoms with Crippen LogP contribution in [-0.4, -0.2) is 20.9 Å². The number of alkyl halides is 2. The minimum atomic E-state index is -1.38. The summed E-state index contributed by atoms with van der Waals surface area (Å²) >= 11 is 5.79. The van der Waals surface area contributed by atoms with Crippen LogP contribution in [0, 0.1) is 10.1 Å². The van der Waals surface area contributed by atoms with Crippen LogP contribution >= 0.6 is 31.9 Å². The molecule has 0 rings (SSSR count). The number of hydrogen-bond acceptors (Lipinski definition) is 4. The number of halogens is 2. The van der Waals surface area contributed by atoms with Gasteiger partial charge in [0.05, 0.1) is 4.92 Å². The highest BCUT2D eigenvalue weighted by Crippen LogP contribution is 2.17. The van der Waals surface area contributed by atoms with E-state index in [1.165, 1.54) is 0 Å². The van der Waals surface area contributed by atoms with Crippen LogP contribution in [0.25, 0.3) is 0 Å². The molecule has 12 heavy (non-hydrogen) atoms. The summed E-state index contributed by atoms with van der Waals surface area (Å²) in [5.74, 6) is -0.597. The van der Waals surface area contributed by atoms with Crippen LogP contribution in [0.1, 0.15) is 13.3 Å². The maximum atomic E-state index is 10.7. The Hall–Kier alpha value is -0.170. The molecule has 0 fully saturated rings. The Morgan fingerprint density at radius 2 is 2.17 bits per heavy atom. The Balaban J connectivity index is 4.14. The molecule has 0 radical (unpaired) electrons. The highest BCUT2D eigenvalue weighted by Gasteiger charge is 2.30. The van der Waals surface area contributed by atoms with Crippen molar-refractivity contribution in [2.75, 3.05) is 0 Å². The summed E-state index contributed by atoms with van der Waals surface area (Å²) < 4.78 is 3.82. The van der Waals surface area contributed by atoms with Crippen LogP contribution < -0.4 is 0 Å². The number of esters is 1. The Kier molecular flexibility index (Phi) is 5.39. The number of carbonyl (C=O) groups excluding carboxylic acids is 1. The number of nitro groups is 1. The second kappa shape index (κ2) is 5.47. The lowest BCUT2D eigenvalue weighted by Crippen LogP contribution is -2.31. The molecule has 0 saturated carbocycles. The Morgan fingerprint density at radius 3 is 2.42 bits per heavy atom. The van der Waals surface area contributed by atoms with Gasteiger partial charge in [-0.2, -0.15) is 0 Å². The predicted octanol–water partition coefficient (Wildman–Crippen LogP) is 1.66. The first kappa shape index (κ1) is 11.8. The molecule has 0 aromatic carbocycles. The molecule has 0 bridgehead atoms. The van der Waals surface area contributed by atoms with Gasteiger partial charge in [0.15, 0.2) is 3.74 Å². The van der Waals surface area contributed by atoms with Crippen molar-refractivity contribution >= 4 is 37.8 Å². The molecule has 0 aromatic rings. The molecule has 0 spiro atoms. The minimum Gasteiger partial charge on any atom is -0.396 e. The minimum absolute atomic E-state index is 0.122. The van der Waals surface area contributed by atoms with Gasteiger partial charge in [-0.1, -0.05) is 38.8 Å². The lowest BCUT2D eigenvalue weighted by Gasteiger charge is -2.10. The summed E-state index contributed by atoms with van der Waals surface area (Å²) in [5.41, 5.74) is 0. The molecule has 0 amide bonds. The summed E-state index contributed by atoms with van der Waals surface area (Å²) in [6, 6.07) is 0. The largest absolute Gasteiger partial charge is 0.396 e. The van der Waals surface area contributed by atoms with Gasteiger partial charge in [-0.3, -0.25) is 14.9 Å². The first-order valence-corrected chi connectivity index (χ1v) is 4.93. The molecule has 0 heterocycles. The third-order valence-corrected chi connectivity index (χ3v) is 1.87. The first-order chi connectivity index (χ1) is 5.49. The van der Waals surface area contributed by atoms with Crippen molar-refractivity contribution in [1.29, 1.82) is 0 Å². The van der Waals surface area contributed by atoms with Crippen molar-refractivity contribution in [3.8, 4) is 0 Å². The molecule has 0 aliphatic carbocycles. The molecule has 70 valence electrons. The summed E-state index contributed by atoms with van der Waals surface area (Å²) in [5, 5.41) is 10.3. The van der Waals surface area contributed by atoms with E-state index in [9.17, 15) is 14.9 Å². The van der Waals surface area contributed by atoms with Gasteiger partial charge in [0.25, 0.3) is 0 Å². The Morgan fingerprint density at radius 1 is 1.67 bits per heavy atom. The van der Waals surface area contributed by atoms with E-state index < -0.39 is 20.9 Å². The van der Waals surface area contributed by atoms with Crippen molar-refractivity contribution in [1.82, 2.24) is 0 Å². The van der Waals surface area contributed by atoms with Crippen LogP contribution in [-0.2, 0) is 9.53 Å². The summed E-state index contributed by atoms with van der Waals surface area (Å²) in [6.45, 7) is 1.57. The van der Waals surface area contributed by atoms with E-state index in [2.05, 4.69) is 36.6 Å². The Bertz CT molecular complexity index is 184. The van der Waals surface area contributed by atoms with Gasteiger partial charge < -0.3 is 4.74 Å². The molecule has 7 heteroatoms. The van der Waals surface area contributed by atoms with Crippen LogP contribution in [0.3, 0.4) is 0 Å². The summed E-state index contributed by atoms with van der Waals surface area (Å²) in [6.07, 6.45) is -1.26. The van der Waals surface area contributed by atoms with Crippen molar-refractivity contribution in [2.24, 2.45) is 0 Å². The van der Waals surface area contributed by atoms with E-state index in [1.54, 1.807) is 6.92 Å². The Labute approximate surface area is 85.9 Å². The average Bonchev–Trinajstić information content (AvgIpc) is 1.98. The molecule has 5 nitrogen and oxygen atoms in total. The van der Waals surface area contributed by atoms with Crippen LogP contribution in [0.15, 0.2) is 0 Å². The lowest BCUT2D eigenvalue weighted by molar-refractivity contribution is -0.562. The van der Waals surface area contributed by atoms with Crippen LogP contribution in [0.2, 0.25) is 0 Å². The van der Waals surface area contributed by atoms with Gasteiger partial charge in [0, 0.05) is 6.42 Å². The van der Waals surface area contributed by atoms with Gasteiger partial charge in [0.2, 0.25) is 0 Å². The van der Waals surface area contributed by atoms with Crippen molar-refractivity contribution < 1.29 is 14.5 Å². The number of nitrogens with zero attached hydrogens (tertiary/aromatic N) is 1. The summed E-state index contributed by atoms with van der Waals surface area (Å²) in [7, 11) is 0. The maximum Gasteiger partial charge on any atom is 0.378 e. The number of carbonyl (C=O) groups is 1. The van der Waals surface area contributed by atoms with Gasteiger partial charge in [-0.25, -0.2) is 0 Å². The van der Waals surface area contributed by atoms with E-state index in [1.807, 2.05) is 0 Å².